The van der Waals surface area contributed by atoms with E-state index in [0.717, 1.165) is 29.1 Å². The first-order valence-electron chi connectivity index (χ1n) is 14.6. The Morgan fingerprint density at radius 1 is 0.844 bits per heavy atom. The van der Waals surface area contributed by atoms with Crippen molar-refractivity contribution < 1.29 is 27.6 Å². The molecule has 4 N–H and O–H groups in total. The lowest BCUT2D eigenvalue weighted by molar-refractivity contribution is -0.131. The first kappa shape index (κ1) is 33.7. The van der Waals surface area contributed by atoms with E-state index in [1.54, 1.807) is 12.1 Å². The van der Waals surface area contributed by atoms with Crippen LogP contribution in [0.15, 0.2) is 83.3 Å². The molecule has 3 aromatic carbocycles. The summed E-state index contributed by atoms with van der Waals surface area (Å²) in [5, 5.41) is 8.43. The van der Waals surface area contributed by atoms with Gasteiger partial charge in [0.2, 0.25) is 17.7 Å². The normalized spacial score (nSPS) is 15.1. The van der Waals surface area contributed by atoms with Crippen LogP contribution in [0.25, 0.3) is 0 Å². The van der Waals surface area contributed by atoms with Crippen LogP contribution in [0.5, 0.6) is 0 Å². The number of anilines is 1. The van der Waals surface area contributed by atoms with Crippen molar-refractivity contribution in [2.75, 3.05) is 17.4 Å². The van der Waals surface area contributed by atoms with E-state index in [2.05, 4.69) is 44.0 Å². The molecule has 238 valence electrons. The van der Waals surface area contributed by atoms with Gasteiger partial charge in [0.05, 0.1) is 5.69 Å². The van der Waals surface area contributed by atoms with Crippen LogP contribution in [0.3, 0.4) is 0 Å². The van der Waals surface area contributed by atoms with Gasteiger partial charge in [-0.15, -0.1) is 0 Å². The molecule has 13 heteroatoms. The summed E-state index contributed by atoms with van der Waals surface area (Å²) >= 11 is 3.39. The topological polar surface area (TPSA) is 154 Å². The van der Waals surface area contributed by atoms with Gasteiger partial charge in [0, 0.05) is 30.8 Å². The summed E-state index contributed by atoms with van der Waals surface area (Å²) in [5.41, 5.74) is 2.95. The van der Waals surface area contributed by atoms with Crippen molar-refractivity contribution in [3.05, 3.63) is 100 Å². The number of aryl methyl sites for hydroxylation is 1. The van der Waals surface area contributed by atoms with E-state index in [0.29, 0.717) is 16.6 Å². The second-order valence-corrected chi connectivity index (χ2v) is 13.2. The number of amides is 4. The van der Waals surface area contributed by atoms with Crippen LogP contribution >= 0.6 is 15.9 Å². The molecule has 0 saturated carbocycles. The highest BCUT2D eigenvalue weighted by Gasteiger charge is 2.35. The van der Waals surface area contributed by atoms with Crippen LogP contribution in [-0.2, 0) is 48.6 Å². The molecule has 0 radical (unpaired) electrons. The number of nitrogens with one attached hydrogen (secondary N) is 4. The van der Waals surface area contributed by atoms with E-state index in [4.69, 9.17) is 0 Å². The van der Waals surface area contributed by atoms with E-state index in [9.17, 15) is 27.6 Å². The number of nitrogens with zero attached hydrogens (tertiary/aromatic N) is 1. The lowest BCUT2D eigenvalue weighted by atomic mass is 10.0. The zero-order valence-electron chi connectivity index (χ0n) is 24.8. The Labute approximate surface area is 271 Å². The molecule has 0 aromatic heterocycles. The third kappa shape index (κ3) is 9.88. The molecule has 1 aliphatic heterocycles. The van der Waals surface area contributed by atoms with Crippen molar-refractivity contribution in [3.63, 3.8) is 0 Å². The number of carbonyl (C=O) groups excluding carboxylic acids is 4. The summed E-state index contributed by atoms with van der Waals surface area (Å²) in [6, 6.07) is 22.2. The molecule has 0 spiro atoms. The molecule has 1 fully saturated rings. The monoisotopic (exact) mass is 697 g/mol. The molecule has 11 nitrogen and oxygen atoms in total. The highest BCUT2D eigenvalue weighted by molar-refractivity contribution is 9.10. The van der Waals surface area contributed by atoms with Crippen molar-refractivity contribution >= 4 is 55.5 Å². The van der Waals surface area contributed by atoms with Gasteiger partial charge in [-0.25, -0.2) is 9.03 Å². The van der Waals surface area contributed by atoms with Gasteiger partial charge in [0.15, 0.2) is 0 Å². The standard InChI is InChI=1S/C32H36BrN5O6S/c1-22(39)35-28(19-24-13-6-3-7-14-24)32(42)36-27(31(41)34-17-9-8-12-23-10-4-2-5-11-23)20-25-15-16-29(26(33)18-25)38-21-30(40)37-45(38,43)44/h2-7,10-11,13-16,18,27-28H,8-9,12,17,19-21H2,1H3,(H,34,41)(H,35,39)(H,36,42)(H,37,40). The van der Waals surface area contributed by atoms with Gasteiger partial charge in [-0.05, 0) is 64.0 Å². The molecule has 1 saturated heterocycles. The quantitative estimate of drug-likeness (QED) is 0.190. The minimum absolute atomic E-state index is 0.0858. The Morgan fingerprint density at radius 2 is 1.47 bits per heavy atom. The van der Waals surface area contributed by atoms with Crippen LogP contribution in [0, 0.1) is 0 Å². The van der Waals surface area contributed by atoms with Crippen molar-refractivity contribution in [1.29, 1.82) is 0 Å². The Hall–Kier alpha value is -4.23. The van der Waals surface area contributed by atoms with E-state index < -0.39 is 34.1 Å². The third-order valence-corrected chi connectivity index (χ3v) is 9.21. The van der Waals surface area contributed by atoms with Gasteiger partial charge >= 0.3 is 10.2 Å². The summed E-state index contributed by atoms with van der Waals surface area (Å²) < 4.78 is 28.0. The van der Waals surface area contributed by atoms with Gasteiger partial charge in [0.25, 0.3) is 5.91 Å². The Kier molecular flexibility index (Phi) is 11.7. The summed E-state index contributed by atoms with van der Waals surface area (Å²) in [5.74, 6) is -1.92. The number of hydrogen-bond acceptors (Lipinski definition) is 6. The fourth-order valence-corrected chi connectivity index (χ4v) is 6.92. The molecule has 4 amide bonds. The van der Waals surface area contributed by atoms with Crippen LogP contribution in [0.4, 0.5) is 5.69 Å². The van der Waals surface area contributed by atoms with Crippen molar-refractivity contribution in [2.24, 2.45) is 0 Å². The third-order valence-electron chi connectivity index (χ3n) is 7.18. The highest BCUT2D eigenvalue weighted by Crippen LogP contribution is 2.31. The van der Waals surface area contributed by atoms with Crippen molar-refractivity contribution in [2.45, 2.75) is 51.1 Å². The highest BCUT2D eigenvalue weighted by atomic mass is 79.9. The van der Waals surface area contributed by atoms with Gasteiger partial charge < -0.3 is 16.0 Å². The van der Waals surface area contributed by atoms with E-state index in [1.807, 2.05) is 53.3 Å². The molecule has 0 aliphatic carbocycles. The first-order valence-corrected chi connectivity index (χ1v) is 16.8. The van der Waals surface area contributed by atoms with Crippen LogP contribution in [-0.4, -0.2) is 57.2 Å². The van der Waals surface area contributed by atoms with Crippen molar-refractivity contribution in [3.8, 4) is 0 Å². The fourth-order valence-electron chi connectivity index (χ4n) is 5.00. The number of rotatable bonds is 14. The van der Waals surface area contributed by atoms with Gasteiger partial charge in [-0.2, -0.15) is 8.42 Å². The maximum Gasteiger partial charge on any atom is 0.326 e. The van der Waals surface area contributed by atoms with Gasteiger partial charge in [0.1, 0.15) is 18.6 Å². The van der Waals surface area contributed by atoms with Gasteiger partial charge in [-0.3, -0.25) is 19.2 Å². The summed E-state index contributed by atoms with van der Waals surface area (Å²) in [7, 11) is -4.01. The van der Waals surface area contributed by atoms with E-state index >= 15 is 0 Å². The summed E-state index contributed by atoms with van der Waals surface area (Å²) in [6.07, 6.45) is 2.80. The average Bonchev–Trinajstić information content (AvgIpc) is 3.28. The Morgan fingerprint density at radius 3 is 2.07 bits per heavy atom. The average molecular weight is 699 g/mol. The van der Waals surface area contributed by atoms with Crippen molar-refractivity contribution in [1.82, 2.24) is 20.7 Å². The second kappa shape index (κ2) is 15.7. The number of carbonyl (C=O) groups is 4. The predicted molar refractivity (Wildman–Crippen MR) is 174 cm³/mol. The number of benzene rings is 3. The molecule has 45 heavy (non-hydrogen) atoms. The summed E-state index contributed by atoms with van der Waals surface area (Å²) in [6.45, 7) is 1.39. The molecule has 3 aromatic rings. The number of unbranched alkanes of at least 4 members (excludes halogenated alkanes) is 1. The molecule has 2 unspecified atom stereocenters. The van der Waals surface area contributed by atoms with Crippen LogP contribution in [0.2, 0.25) is 0 Å². The zero-order valence-corrected chi connectivity index (χ0v) is 27.2. The van der Waals surface area contributed by atoms with Crippen LogP contribution in [0.1, 0.15) is 36.5 Å². The Bertz CT molecular complexity index is 1620. The lowest BCUT2D eigenvalue weighted by Crippen LogP contribution is -2.55. The molecular formula is C32H36BrN5O6S. The Balaban J connectivity index is 1.48. The molecular weight excluding hydrogens is 662 g/mol. The molecule has 4 rings (SSSR count). The minimum Gasteiger partial charge on any atom is -0.354 e. The summed E-state index contributed by atoms with van der Waals surface area (Å²) in [4.78, 5) is 50.6. The lowest BCUT2D eigenvalue weighted by Gasteiger charge is -2.24. The SMILES string of the molecule is CC(=O)NC(Cc1ccccc1)C(=O)NC(Cc1ccc(N2CC(=O)NS2(=O)=O)c(Br)c1)C(=O)NCCCCc1ccccc1. The fraction of sp³-hybridized carbons (Fsp3) is 0.312. The second-order valence-electron chi connectivity index (χ2n) is 10.8. The van der Waals surface area contributed by atoms with Gasteiger partial charge in [-0.1, -0.05) is 66.7 Å². The largest absolute Gasteiger partial charge is 0.354 e. The molecule has 1 aliphatic rings. The number of hydrogen-bond donors (Lipinski definition) is 4. The predicted octanol–water partition coefficient (Wildman–Crippen LogP) is 2.54. The maximum absolute atomic E-state index is 13.5. The smallest absolute Gasteiger partial charge is 0.326 e. The minimum atomic E-state index is -4.01. The first-order chi connectivity index (χ1) is 21.5. The van der Waals surface area contributed by atoms with E-state index in [-0.39, 0.29) is 36.9 Å². The van der Waals surface area contributed by atoms with Crippen LogP contribution < -0.4 is 25.0 Å². The molecule has 2 atom stereocenters. The molecule has 1 heterocycles. The van der Waals surface area contributed by atoms with E-state index in [1.165, 1.54) is 18.6 Å². The zero-order chi connectivity index (χ0) is 32.4. The molecule has 0 bridgehead atoms. The number of halogens is 1. The maximum atomic E-state index is 13.5.